The highest BCUT2D eigenvalue weighted by atomic mass is 32.2. The molecule has 0 amide bonds. The van der Waals surface area contributed by atoms with Crippen LogP contribution in [0.25, 0.3) is 0 Å². The number of benzene rings is 2. The maximum atomic E-state index is 9.93. The van der Waals surface area contributed by atoms with E-state index in [9.17, 15) is 5.11 Å². The summed E-state index contributed by atoms with van der Waals surface area (Å²) in [5.74, 6) is 0. The van der Waals surface area contributed by atoms with Gasteiger partial charge in [0, 0.05) is 22.8 Å². The lowest BCUT2D eigenvalue weighted by Gasteiger charge is -2.33. The summed E-state index contributed by atoms with van der Waals surface area (Å²) in [6, 6.07) is 14.9. The van der Waals surface area contributed by atoms with Gasteiger partial charge >= 0.3 is 0 Å². The Morgan fingerprint density at radius 3 is 2.57 bits per heavy atom. The van der Waals surface area contributed by atoms with Crippen LogP contribution in [0, 0.1) is 0 Å². The monoisotopic (exact) mass is 329 g/mol. The molecule has 0 saturated heterocycles. The summed E-state index contributed by atoms with van der Waals surface area (Å²) in [6.07, 6.45) is 0.704. The number of nitrogens with one attached hydrogen (secondary N) is 1. The molecule has 0 fully saturated rings. The minimum atomic E-state index is -0.435. The van der Waals surface area contributed by atoms with Crippen LogP contribution in [0.2, 0.25) is 0 Å². The molecule has 2 aromatic rings. The van der Waals surface area contributed by atoms with Gasteiger partial charge in [-0.1, -0.05) is 30.0 Å². The molecule has 1 aliphatic heterocycles. The fourth-order valence-corrected chi connectivity index (χ4v) is 4.01. The van der Waals surface area contributed by atoms with Gasteiger partial charge in [0.15, 0.2) is 0 Å². The van der Waals surface area contributed by atoms with Crippen molar-refractivity contribution in [3.8, 4) is 0 Å². The van der Waals surface area contributed by atoms with E-state index >= 15 is 0 Å². The Hall–Kier alpha value is -1.49. The average Bonchev–Trinajstić information content (AvgIpc) is 2.53. The lowest BCUT2D eigenvalue weighted by molar-refractivity contribution is -0.858. The van der Waals surface area contributed by atoms with Gasteiger partial charge in [-0.2, -0.15) is 0 Å². The van der Waals surface area contributed by atoms with Crippen LogP contribution in [-0.2, 0) is 0 Å². The Morgan fingerprint density at radius 1 is 1.09 bits per heavy atom. The van der Waals surface area contributed by atoms with E-state index in [2.05, 4.69) is 55.4 Å². The van der Waals surface area contributed by atoms with Crippen molar-refractivity contribution in [1.82, 2.24) is 0 Å². The third-order valence-corrected chi connectivity index (χ3v) is 5.32. The first-order chi connectivity index (χ1) is 11.1. The lowest BCUT2D eigenvalue weighted by Crippen LogP contribution is -3.05. The summed E-state index contributed by atoms with van der Waals surface area (Å²) in [7, 11) is 4.39. The van der Waals surface area contributed by atoms with Crippen molar-refractivity contribution in [3.05, 3.63) is 48.0 Å². The van der Waals surface area contributed by atoms with Crippen LogP contribution in [-0.4, -0.2) is 32.3 Å². The van der Waals surface area contributed by atoms with Gasteiger partial charge in [-0.15, -0.1) is 0 Å². The molecule has 0 spiro atoms. The number of hydrogen-bond acceptors (Lipinski definition) is 3. The van der Waals surface area contributed by atoms with E-state index in [0.717, 1.165) is 25.1 Å². The molecule has 23 heavy (non-hydrogen) atoms. The second kappa shape index (κ2) is 6.95. The Balaban J connectivity index is 1.96. The van der Waals surface area contributed by atoms with Crippen LogP contribution >= 0.6 is 11.8 Å². The van der Waals surface area contributed by atoms with Crippen molar-refractivity contribution in [2.45, 2.75) is 29.2 Å². The summed E-state index contributed by atoms with van der Waals surface area (Å²) in [6.45, 7) is 3.97. The molecule has 1 atom stereocenters. The summed E-state index contributed by atoms with van der Waals surface area (Å²) in [5.41, 5.74) is 3.48. The molecule has 0 unspecified atom stereocenters. The number of nitrogens with zero attached hydrogens (tertiary/aromatic N) is 1. The highest BCUT2D eigenvalue weighted by molar-refractivity contribution is 7.99. The quantitative estimate of drug-likeness (QED) is 0.883. The predicted molar refractivity (Wildman–Crippen MR) is 96.9 cm³/mol. The van der Waals surface area contributed by atoms with Crippen molar-refractivity contribution in [1.29, 1.82) is 0 Å². The Kier molecular flexibility index (Phi) is 4.95. The zero-order chi connectivity index (χ0) is 16.4. The average molecular weight is 329 g/mol. The van der Waals surface area contributed by atoms with E-state index in [-0.39, 0.29) is 0 Å². The van der Waals surface area contributed by atoms with Crippen molar-refractivity contribution in [2.75, 3.05) is 32.1 Å². The van der Waals surface area contributed by atoms with Crippen molar-refractivity contribution in [3.63, 3.8) is 0 Å². The van der Waals surface area contributed by atoms with Gasteiger partial charge in [0.1, 0.15) is 0 Å². The molecular formula is C19H25N2OS+. The van der Waals surface area contributed by atoms with E-state index in [1.807, 2.05) is 24.8 Å². The predicted octanol–water partition coefficient (Wildman–Crippen LogP) is 2.88. The van der Waals surface area contributed by atoms with Gasteiger partial charge in [0.25, 0.3) is 0 Å². The fraction of sp³-hybridized carbons (Fsp3) is 0.368. The number of anilines is 2. The molecule has 3 nitrogen and oxygen atoms in total. The molecule has 1 aliphatic rings. The molecule has 2 aromatic carbocycles. The molecule has 1 heterocycles. The minimum absolute atomic E-state index is 0.435. The largest absolute Gasteiger partial charge is 0.389 e. The second-order valence-corrected chi connectivity index (χ2v) is 7.52. The topological polar surface area (TPSA) is 27.9 Å². The molecular weight excluding hydrogens is 304 g/mol. The van der Waals surface area contributed by atoms with Crippen LogP contribution in [0.5, 0.6) is 0 Å². The number of rotatable bonds is 5. The van der Waals surface area contributed by atoms with Gasteiger partial charge in [-0.25, -0.2) is 0 Å². The Labute approximate surface area is 142 Å². The number of aliphatic hydroxyl groups excluding tert-OH is 1. The molecule has 0 aromatic heterocycles. The highest BCUT2D eigenvalue weighted by Gasteiger charge is 2.23. The number of para-hydroxylation sites is 1. The Bertz CT molecular complexity index is 685. The van der Waals surface area contributed by atoms with E-state index in [0.29, 0.717) is 0 Å². The number of quaternary nitrogens is 1. The first kappa shape index (κ1) is 16.4. The molecule has 3 rings (SSSR count). The van der Waals surface area contributed by atoms with Gasteiger partial charge in [-0.3, -0.25) is 0 Å². The number of aliphatic hydroxyl groups is 1. The first-order valence-corrected chi connectivity index (χ1v) is 9.03. The van der Waals surface area contributed by atoms with E-state index in [1.54, 1.807) is 0 Å². The standard InChI is InChI=1S/C19H24N2OS/c1-14(22)15-9-10-19-17(13-15)21(12-6-11-20(2)3)16-7-4-5-8-18(16)23-19/h4-5,7-10,13-14,22H,6,11-12H2,1-3H3/p+1/t14-/m1/s1. The molecule has 122 valence electrons. The van der Waals surface area contributed by atoms with Crippen LogP contribution in [0.15, 0.2) is 52.3 Å². The Morgan fingerprint density at radius 2 is 1.83 bits per heavy atom. The molecule has 0 aliphatic carbocycles. The fourth-order valence-electron chi connectivity index (χ4n) is 2.94. The van der Waals surface area contributed by atoms with Crippen molar-refractivity contribution in [2.24, 2.45) is 0 Å². The zero-order valence-electron chi connectivity index (χ0n) is 14.0. The van der Waals surface area contributed by atoms with E-state index in [1.165, 1.54) is 26.1 Å². The summed E-state index contributed by atoms with van der Waals surface area (Å²) in [5, 5.41) is 9.93. The van der Waals surface area contributed by atoms with Crippen LogP contribution in [0.3, 0.4) is 0 Å². The summed E-state index contributed by atoms with van der Waals surface area (Å²) >= 11 is 1.82. The van der Waals surface area contributed by atoms with Crippen molar-refractivity contribution >= 4 is 23.1 Å². The van der Waals surface area contributed by atoms with Crippen LogP contribution < -0.4 is 9.80 Å². The van der Waals surface area contributed by atoms with Gasteiger partial charge in [0.2, 0.25) is 0 Å². The van der Waals surface area contributed by atoms with Gasteiger partial charge in [0.05, 0.1) is 38.1 Å². The maximum absolute atomic E-state index is 9.93. The van der Waals surface area contributed by atoms with E-state index < -0.39 is 6.10 Å². The molecule has 0 bridgehead atoms. The number of fused-ring (bicyclic) bond motifs is 2. The number of hydrogen-bond donors (Lipinski definition) is 2. The van der Waals surface area contributed by atoms with E-state index in [4.69, 9.17) is 0 Å². The maximum Gasteiger partial charge on any atom is 0.0784 e. The van der Waals surface area contributed by atoms with Crippen LogP contribution in [0.4, 0.5) is 11.4 Å². The summed E-state index contributed by atoms with van der Waals surface area (Å²) < 4.78 is 0. The zero-order valence-corrected chi connectivity index (χ0v) is 14.9. The van der Waals surface area contributed by atoms with Crippen LogP contribution in [0.1, 0.15) is 25.0 Å². The minimum Gasteiger partial charge on any atom is -0.389 e. The van der Waals surface area contributed by atoms with Gasteiger partial charge < -0.3 is 14.9 Å². The normalized spacial score (nSPS) is 14.6. The third-order valence-electron chi connectivity index (χ3n) is 4.19. The molecule has 2 N–H and O–H groups in total. The molecule has 0 radical (unpaired) electrons. The third kappa shape index (κ3) is 3.55. The SMILES string of the molecule is C[C@@H](O)c1ccc2c(c1)N(CCC[NH+](C)C)c1ccccc1S2. The second-order valence-electron chi connectivity index (χ2n) is 6.44. The molecule has 4 heteroatoms. The lowest BCUT2D eigenvalue weighted by atomic mass is 10.1. The first-order valence-electron chi connectivity index (χ1n) is 8.21. The smallest absolute Gasteiger partial charge is 0.0784 e. The summed E-state index contributed by atoms with van der Waals surface area (Å²) in [4.78, 5) is 6.46. The van der Waals surface area contributed by atoms with Gasteiger partial charge in [-0.05, 0) is 36.8 Å². The molecule has 0 saturated carbocycles. The van der Waals surface area contributed by atoms with Crippen molar-refractivity contribution < 1.29 is 10.0 Å². The highest BCUT2D eigenvalue weighted by Crippen LogP contribution is 2.48.